The minimum Gasteiger partial charge on any atom is -0.449 e. The summed E-state index contributed by atoms with van der Waals surface area (Å²) in [6.45, 7) is 1.71. The van der Waals surface area contributed by atoms with E-state index in [9.17, 15) is 4.79 Å². The SMILES string of the molecule is Cc1nc(C(=O)Cc2cccnc2)co1. The number of hydrogen-bond donors (Lipinski definition) is 0. The van der Waals surface area contributed by atoms with Crippen molar-refractivity contribution in [1.29, 1.82) is 0 Å². The lowest BCUT2D eigenvalue weighted by atomic mass is 10.1. The Morgan fingerprint density at radius 1 is 1.53 bits per heavy atom. The van der Waals surface area contributed by atoms with Gasteiger partial charge in [0.2, 0.25) is 0 Å². The summed E-state index contributed by atoms with van der Waals surface area (Å²) in [5.41, 5.74) is 1.25. The van der Waals surface area contributed by atoms with Gasteiger partial charge in [0.05, 0.1) is 0 Å². The van der Waals surface area contributed by atoms with Gasteiger partial charge in [-0.3, -0.25) is 9.78 Å². The maximum Gasteiger partial charge on any atom is 0.191 e. The molecule has 76 valence electrons. The molecule has 0 aromatic carbocycles. The largest absolute Gasteiger partial charge is 0.449 e. The zero-order valence-electron chi connectivity index (χ0n) is 8.30. The molecular weight excluding hydrogens is 192 g/mol. The Labute approximate surface area is 87.0 Å². The first kappa shape index (κ1) is 9.58. The highest BCUT2D eigenvalue weighted by Gasteiger charge is 2.10. The molecule has 4 nitrogen and oxygen atoms in total. The molecule has 0 N–H and O–H groups in total. The first-order chi connectivity index (χ1) is 7.25. The van der Waals surface area contributed by atoms with Gasteiger partial charge >= 0.3 is 0 Å². The summed E-state index contributed by atoms with van der Waals surface area (Å²) < 4.78 is 4.98. The molecule has 0 aliphatic heterocycles. The van der Waals surface area contributed by atoms with Crippen molar-refractivity contribution in [2.24, 2.45) is 0 Å². The molecule has 0 aliphatic carbocycles. The molecule has 2 heterocycles. The number of ketones is 1. The highest BCUT2D eigenvalue weighted by Crippen LogP contribution is 2.06. The lowest BCUT2D eigenvalue weighted by Crippen LogP contribution is -2.04. The molecule has 2 rings (SSSR count). The van der Waals surface area contributed by atoms with E-state index >= 15 is 0 Å². The highest BCUT2D eigenvalue weighted by molar-refractivity contribution is 5.95. The molecule has 0 fully saturated rings. The monoisotopic (exact) mass is 202 g/mol. The van der Waals surface area contributed by atoms with Crippen LogP contribution in [0.25, 0.3) is 0 Å². The van der Waals surface area contributed by atoms with Crippen molar-refractivity contribution >= 4 is 5.78 Å². The second-order valence-electron chi connectivity index (χ2n) is 3.21. The van der Waals surface area contributed by atoms with E-state index in [-0.39, 0.29) is 5.78 Å². The maximum absolute atomic E-state index is 11.7. The molecular formula is C11H10N2O2. The Hall–Kier alpha value is -1.97. The number of carbonyl (C=O) groups is 1. The number of aromatic nitrogens is 2. The van der Waals surface area contributed by atoms with Gasteiger partial charge in [-0.25, -0.2) is 4.98 Å². The van der Waals surface area contributed by atoms with Gasteiger partial charge in [-0.05, 0) is 11.6 Å². The fraction of sp³-hybridized carbons (Fsp3) is 0.182. The Balaban J connectivity index is 2.11. The van der Waals surface area contributed by atoms with E-state index in [1.807, 2.05) is 6.07 Å². The summed E-state index contributed by atoms with van der Waals surface area (Å²) in [5, 5.41) is 0. The summed E-state index contributed by atoms with van der Waals surface area (Å²) in [4.78, 5) is 19.6. The van der Waals surface area contributed by atoms with Crippen molar-refractivity contribution < 1.29 is 9.21 Å². The second-order valence-corrected chi connectivity index (χ2v) is 3.21. The third-order valence-electron chi connectivity index (χ3n) is 1.99. The number of pyridine rings is 1. The lowest BCUT2D eigenvalue weighted by Gasteiger charge is -1.96. The Morgan fingerprint density at radius 2 is 2.40 bits per heavy atom. The average Bonchev–Trinajstić information content (AvgIpc) is 2.66. The Morgan fingerprint density at radius 3 is 3.00 bits per heavy atom. The predicted molar refractivity (Wildman–Crippen MR) is 53.5 cm³/mol. The first-order valence-electron chi connectivity index (χ1n) is 4.60. The molecule has 0 aliphatic rings. The van der Waals surface area contributed by atoms with Crippen LogP contribution in [-0.4, -0.2) is 15.8 Å². The molecule has 0 amide bonds. The quantitative estimate of drug-likeness (QED) is 0.712. The highest BCUT2D eigenvalue weighted by atomic mass is 16.3. The Bertz CT molecular complexity index is 462. The van der Waals surface area contributed by atoms with Gasteiger partial charge in [-0.2, -0.15) is 0 Å². The topological polar surface area (TPSA) is 56.0 Å². The van der Waals surface area contributed by atoms with Crippen LogP contribution in [-0.2, 0) is 6.42 Å². The van der Waals surface area contributed by atoms with Gasteiger partial charge in [0.25, 0.3) is 0 Å². The maximum atomic E-state index is 11.7. The summed E-state index contributed by atoms with van der Waals surface area (Å²) >= 11 is 0. The first-order valence-corrected chi connectivity index (χ1v) is 4.60. The molecule has 0 bridgehead atoms. The smallest absolute Gasteiger partial charge is 0.191 e. The third kappa shape index (κ3) is 2.28. The third-order valence-corrected chi connectivity index (χ3v) is 1.99. The van der Waals surface area contributed by atoms with E-state index in [1.165, 1.54) is 6.26 Å². The molecule has 4 heteroatoms. The molecule has 15 heavy (non-hydrogen) atoms. The van der Waals surface area contributed by atoms with Gasteiger partial charge in [0, 0.05) is 25.7 Å². The average molecular weight is 202 g/mol. The van der Waals surface area contributed by atoms with E-state index in [1.54, 1.807) is 25.4 Å². The van der Waals surface area contributed by atoms with E-state index in [2.05, 4.69) is 9.97 Å². The summed E-state index contributed by atoms with van der Waals surface area (Å²) in [6, 6.07) is 3.66. The zero-order chi connectivity index (χ0) is 10.7. The predicted octanol–water partition coefficient (Wildman–Crippen LogP) is 1.80. The van der Waals surface area contributed by atoms with E-state index in [0.717, 1.165) is 5.56 Å². The van der Waals surface area contributed by atoms with Crippen LogP contribution in [0.5, 0.6) is 0 Å². The number of carbonyl (C=O) groups excluding carboxylic acids is 1. The van der Waals surface area contributed by atoms with Crippen molar-refractivity contribution in [2.45, 2.75) is 13.3 Å². The number of aryl methyl sites for hydroxylation is 1. The van der Waals surface area contributed by atoms with E-state index in [0.29, 0.717) is 18.0 Å². The van der Waals surface area contributed by atoms with Crippen molar-refractivity contribution in [3.8, 4) is 0 Å². The fourth-order valence-electron chi connectivity index (χ4n) is 1.27. The zero-order valence-corrected chi connectivity index (χ0v) is 8.30. The minimum atomic E-state index is -0.0557. The number of Topliss-reactive ketones (excluding diaryl/α,β-unsaturated/α-hetero) is 1. The lowest BCUT2D eigenvalue weighted by molar-refractivity contribution is 0.0988. The van der Waals surface area contributed by atoms with Crippen molar-refractivity contribution in [2.75, 3.05) is 0 Å². The van der Waals surface area contributed by atoms with Crippen LogP contribution in [0.2, 0.25) is 0 Å². The van der Waals surface area contributed by atoms with Crippen LogP contribution in [0.1, 0.15) is 21.9 Å². The molecule has 0 unspecified atom stereocenters. The Kier molecular flexibility index (Phi) is 2.58. The summed E-state index contributed by atoms with van der Waals surface area (Å²) in [5.74, 6) is 0.449. The van der Waals surface area contributed by atoms with Crippen LogP contribution >= 0.6 is 0 Å². The fourth-order valence-corrected chi connectivity index (χ4v) is 1.27. The number of rotatable bonds is 3. The minimum absolute atomic E-state index is 0.0557. The molecule has 2 aromatic heterocycles. The van der Waals surface area contributed by atoms with Gasteiger partial charge in [-0.1, -0.05) is 6.07 Å². The van der Waals surface area contributed by atoms with Crippen LogP contribution in [0.3, 0.4) is 0 Å². The van der Waals surface area contributed by atoms with Crippen molar-refractivity contribution in [3.63, 3.8) is 0 Å². The number of oxazole rings is 1. The number of nitrogens with zero attached hydrogens (tertiary/aromatic N) is 2. The molecule has 2 aromatic rings. The van der Waals surface area contributed by atoms with E-state index in [4.69, 9.17) is 4.42 Å². The van der Waals surface area contributed by atoms with Gasteiger partial charge in [0.1, 0.15) is 12.0 Å². The van der Waals surface area contributed by atoms with Crippen LogP contribution in [0.15, 0.2) is 35.2 Å². The summed E-state index contributed by atoms with van der Waals surface area (Å²) in [6.07, 6.45) is 5.03. The summed E-state index contributed by atoms with van der Waals surface area (Å²) in [7, 11) is 0. The van der Waals surface area contributed by atoms with Gasteiger partial charge in [0.15, 0.2) is 11.7 Å². The molecule has 0 saturated carbocycles. The van der Waals surface area contributed by atoms with Crippen molar-refractivity contribution in [1.82, 2.24) is 9.97 Å². The van der Waals surface area contributed by atoms with Crippen LogP contribution in [0.4, 0.5) is 0 Å². The number of hydrogen-bond acceptors (Lipinski definition) is 4. The molecule has 0 atom stereocenters. The van der Waals surface area contributed by atoms with Crippen molar-refractivity contribution in [3.05, 3.63) is 47.9 Å². The molecule has 0 saturated heterocycles. The van der Waals surface area contributed by atoms with Crippen LogP contribution in [0, 0.1) is 6.92 Å². The van der Waals surface area contributed by atoms with Gasteiger partial charge < -0.3 is 4.42 Å². The molecule has 0 radical (unpaired) electrons. The van der Waals surface area contributed by atoms with Gasteiger partial charge in [-0.15, -0.1) is 0 Å². The van der Waals surface area contributed by atoms with E-state index < -0.39 is 0 Å². The molecule has 0 spiro atoms. The second kappa shape index (κ2) is 4.04. The normalized spacial score (nSPS) is 10.2. The standard InChI is InChI=1S/C11H10N2O2/c1-8-13-10(7-15-8)11(14)5-9-3-2-4-12-6-9/h2-4,6-7H,5H2,1H3. The van der Waals surface area contributed by atoms with Crippen LogP contribution < -0.4 is 0 Å².